The first-order chi connectivity index (χ1) is 7.33. The molecule has 0 aliphatic heterocycles. The summed E-state index contributed by atoms with van der Waals surface area (Å²) in [7, 11) is 1.77. The third-order valence-electron chi connectivity index (χ3n) is 2.07. The van der Waals surface area contributed by atoms with Gasteiger partial charge in [-0.1, -0.05) is 4.49 Å². The van der Waals surface area contributed by atoms with E-state index in [2.05, 4.69) is 19.9 Å². The van der Waals surface area contributed by atoms with Gasteiger partial charge >= 0.3 is 0 Å². The predicted molar refractivity (Wildman–Crippen MR) is 55.0 cm³/mol. The molecular weight excluding hydrogens is 215 g/mol. The van der Waals surface area contributed by atoms with Crippen molar-refractivity contribution in [3.63, 3.8) is 0 Å². The lowest BCUT2D eigenvalue weighted by Gasteiger charge is -2.13. The summed E-state index contributed by atoms with van der Waals surface area (Å²) in [5, 5.41) is 6.76. The van der Waals surface area contributed by atoms with E-state index in [0.29, 0.717) is 5.56 Å². The molecule has 78 valence electrons. The normalized spacial score (nSPS) is 12.7. The van der Waals surface area contributed by atoms with Gasteiger partial charge in [-0.15, -0.1) is 5.10 Å². The molecule has 0 aromatic carbocycles. The van der Waals surface area contributed by atoms with Crippen LogP contribution in [0.1, 0.15) is 16.5 Å². The molecule has 4 nitrogen and oxygen atoms in total. The summed E-state index contributed by atoms with van der Waals surface area (Å²) in [6, 6.07) is 1.43. The summed E-state index contributed by atoms with van der Waals surface area (Å²) in [5.41, 5.74) is 0.554. The number of nitrogens with zero attached hydrogens (tertiary/aromatic N) is 3. The van der Waals surface area contributed by atoms with Crippen LogP contribution < -0.4 is 5.32 Å². The van der Waals surface area contributed by atoms with Crippen LogP contribution in [0.2, 0.25) is 0 Å². The van der Waals surface area contributed by atoms with Crippen LogP contribution in [0.15, 0.2) is 24.7 Å². The number of halogens is 1. The van der Waals surface area contributed by atoms with Crippen LogP contribution in [0.4, 0.5) is 4.39 Å². The quantitative estimate of drug-likeness (QED) is 0.855. The highest BCUT2D eigenvalue weighted by Crippen LogP contribution is 2.24. The second kappa shape index (κ2) is 4.41. The first kappa shape index (κ1) is 10.1. The van der Waals surface area contributed by atoms with Crippen molar-refractivity contribution in [2.24, 2.45) is 0 Å². The number of hydrogen-bond donors (Lipinski definition) is 1. The molecule has 6 heteroatoms. The van der Waals surface area contributed by atoms with Gasteiger partial charge in [-0.2, -0.15) is 0 Å². The largest absolute Gasteiger partial charge is 0.308 e. The highest BCUT2D eigenvalue weighted by atomic mass is 32.1. The minimum atomic E-state index is -0.328. The molecule has 0 aliphatic carbocycles. The van der Waals surface area contributed by atoms with Gasteiger partial charge in [0, 0.05) is 11.8 Å². The summed E-state index contributed by atoms with van der Waals surface area (Å²) in [6.45, 7) is 0. The molecule has 2 aromatic heterocycles. The highest BCUT2D eigenvalue weighted by molar-refractivity contribution is 7.05. The maximum absolute atomic E-state index is 13.5. The van der Waals surface area contributed by atoms with Gasteiger partial charge in [-0.25, -0.2) is 4.39 Å². The number of pyridine rings is 1. The van der Waals surface area contributed by atoms with Crippen molar-refractivity contribution in [3.8, 4) is 0 Å². The molecule has 0 saturated heterocycles. The second-order valence-electron chi connectivity index (χ2n) is 2.94. The monoisotopic (exact) mass is 224 g/mol. The van der Waals surface area contributed by atoms with Gasteiger partial charge in [0.15, 0.2) is 0 Å². The smallest absolute Gasteiger partial charge is 0.146 e. The fourth-order valence-electron chi connectivity index (χ4n) is 1.37. The van der Waals surface area contributed by atoms with Gasteiger partial charge in [0.25, 0.3) is 0 Å². The lowest BCUT2D eigenvalue weighted by atomic mass is 10.1. The highest BCUT2D eigenvalue weighted by Gasteiger charge is 2.17. The maximum Gasteiger partial charge on any atom is 0.146 e. The van der Waals surface area contributed by atoms with Crippen molar-refractivity contribution < 1.29 is 4.39 Å². The van der Waals surface area contributed by atoms with E-state index >= 15 is 0 Å². The number of nitrogens with one attached hydrogen (secondary N) is 1. The molecule has 0 aliphatic rings. The molecule has 0 fully saturated rings. The molecule has 1 unspecified atom stereocenters. The zero-order valence-corrected chi connectivity index (χ0v) is 8.83. The van der Waals surface area contributed by atoms with E-state index in [-0.39, 0.29) is 11.9 Å². The Morgan fingerprint density at radius 1 is 1.47 bits per heavy atom. The van der Waals surface area contributed by atoms with E-state index in [1.165, 1.54) is 17.7 Å². The summed E-state index contributed by atoms with van der Waals surface area (Å²) >= 11 is 1.25. The number of aromatic nitrogens is 3. The average molecular weight is 224 g/mol. The van der Waals surface area contributed by atoms with Crippen molar-refractivity contribution >= 4 is 11.5 Å². The molecule has 2 rings (SSSR count). The zero-order chi connectivity index (χ0) is 10.7. The minimum absolute atomic E-state index is 0.215. The number of hydrogen-bond acceptors (Lipinski definition) is 5. The molecule has 2 heterocycles. The molecule has 15 heavy (non-hydrogen) atoms. The van der Waals surface area contributed by atoms with Crippen LogP contribution in [0, 0.1) is 5.82 Å². The van der Waals surface area contributed by atoms with E-state index in [4.69, 9.17) is 0 Å². The van der Waals surface area contributed by atoms with Crippen molar-refractivity contribution in [1.82, 2.24) is 19.9 Å². The third kappa shape index (κ3) is 2.00. The fraction of sp³-hybridized carbons (Fsp3) is 0.222. The van der Waals surface area contributed by atoms with Gasteiger partial charge in [-0.05, 0) is 24.6 Å². The molecule has 0 amide bonds. The molecular formula is C9H9FN4S. The standard InChI is InChI=1S/C9H9FN4S/c1-11-9(8-5-13-14-15-8)6-2-3-12-4-7(6)10/h2-5,9,11H,1H3. The molecule has 2 aromatic rings. The van der Waals surface area contributed by atoms with Crippen LogP contribution in [-0.2, 0) is 0 Å². The van der Waals surface area contributed by atoms with Crippen LogP contribution in [-0.4, -0.2) is 21.6 Å². The minimum Gasteiger partial charge on any atom is -0.308 e. The van der Waals surface area contributed by atoms with Crippen LogP contribution in [0.25, 0.3) is 0 Å². The summed E-state index contributed by atoms with van der Waals surface area (Å²) < 4.78 is 17.2. The van der Waals surface area contributed by atoms with Gasteiger partial charge in [0.2, 0.25) is 0 Å². The van der Waals surface area contributed by atoms with Gasteiger partial charge in [0.05, 0.1) is 23.3 Å². The summed E-state index contributed by atoms with van der Waals surface area (Å²) in [5.74, 6) is -0.328. The summed E-state index contributed by atoms with van der Waals surface area (Å²) in [6.07, 6.45) is 4.40. The summed E-state index contributed by atoms with van der Waals surface area (Å²) in [4.78, 5) is 4.59. The molecule has 0 bridgehead atoms. The first-order valence-corrected chi connectivity index (χ1v) is 5.14. The van der Waals surface area contributed by atoms with Crippen molar-refractivity contribution in [2.45, 2.75) is 6.04 Å². The second-order valence-corrected chi connectivity index (χ2v) is 3.76. The first-order valence-electron chi connectivity index (χ1n) is 4.37. The lowest BCUT2D eigenvalue weighted by Crippen LogP contribution is -2.17. The van der Waals surface area contributed by atoms with Crippen molar-refractivity contribution in [3.05, 3.63) is 40.9 Å². The van der Waals surface area contributed by atoms with Crippen LogP contribution >= 0.6 is 11.5 Å². The fourth-order valence-corrected chi connectivity index (χ4v) is 2.01. The third-order valence-corrected chi connectivity index (χ3v) is 2.79. The Labute approximate surface area is 90.3 Å². The Morgan fingerprint density at radius 2 is 2.33 bits per heavy atom. The Balaban J connectivity index is 2.40. The molecule has 0 saturated carbocycles. The van der Waals surface area contributed by atoms with Gasteiger partial charge < -0.3 is 5.32 Å². The Bertz CT molecular complexity index is 431. The SMILES string of the molecule is CNC(c1cnns1)c1ccncc1F. The molecule has 0 radical (unpaired) electrons. The van der Waals surface area contributed by atoms with Crippen LogP contribution in [0.3, 0.4) is 0 Å². The van der Waals surface area contributed by atoms with Gasteiger partial charge in [-0.3, -0.25) is 4.98 Å². The van der Waals surface area contributed by atoms with E-state index in [1.54, 1.807) is 25.5 Å². The average Bonchev–Trinajstić information content (AvgIpc) is 2.75. The Morgan fingerprint density at radius 3 is 2.93 bits per heavy atom. The zero-order valence-electron chi connectivity index (χ0n) is 8.01. The van der Waals surface area contributed by atoms with Crippen molar-refractivity contribution in [1.29, 1.82) is 0 Å². The number of rotatable bonds is 3. The Kier molecular flexibility index (Phi) is 2.98. The molecule has 1 atom stereocenters. The molecule has 0 spiro atoms. The van der Waals surface area contributed by atoms with Gasteiger partial charge in [0.1, 0.15) is 5.82 Å². The van der Waals surface area contributed by atoms with Crippen molar-refractivity contribution in [2.75, 3.05) is 7.05 Å². The maximum atomic E-state index is 13.5. The van der Waals surface area contributed by atoms with Crippen LogP contribution in [0.5, 0.6) is 0 Å². The predicted octanol–water partition coefficient (Wildman–Crippen LogP) is 1.38. The van der Waals surface area contributed by atoms with E-state index in [0.717, 1.165) is 4.88 Å². The molecule has 1 N–H and O–H groups in total. The Hall–Kier alpha value is -1.40. The lowest BCUT2D eigenvalue weighted by molar-refractivity contribution is 0.573. The van der Waals surface area contributed by atoms with E-state index < -0.39 is 0 Å². The van der Waals surface area contributed by atoms with E-state index in [1.807, 2.05) is 0 Å². The topological polar surface area (TPSA) is 50.7 Å². The van der Waals surface area contributed by atoms with E-state index in [9.17, 15) is 4.39 Å².